The lowest BCUT2D eigenvalue weighted by Gasteiger charge is -2.42. The third-order valence-corrected chi connectivity index (χ3v) is 3.33. The van der Waals surface area contributed by atoms with Crippen molar-refractivity contribution in [2.24, 2.45) is 0 Å². The van der Waals surface area contributed by atoms with Gasteiger partial charge in [0.1, 0.15) is 6.10 Å². The maximum absolute atomic E-state index is 14.2. The predicted molar refractivity (Wildman–Crippen MR) is 57.7 cm³/mol. The molecule has 2 aliphatic heterocycles. The largest absolute Gasteiger partial charge is 0.410 e. The average Bonchev–Trinajstić information content (AvgIpc) is 2.39. The van der Waals surface area contributed by atoms with Gasteiger partial charge in [-0.25, -0.2) is 8.78 Å². The Hall–Kier alpha value is -0.510. The lowest BCUT2D eigenvalue weighted by atomic mass is 10.0. The van der Waals surface area contributed by atoms with Crippen LogP contribution >= 0.6 is 0 Å². The van der Waals surface area contributed by atoms with Crippen LogP contribution in [0.15, 0.2) is 0 Å². The fraction of sp³-hybridized carbons (Fsp3) is 1.00. The molecule has 118 valence electrons. The van der Waals surface area contributed by atoms with Crippen molar-refractivity contribution in [2.75, 3.05) is 46.1 Å². The van der Waals surface area contributed by atoms with Crippen LogP contribution in [-0.4, -0.2) is 75.3 Å². The standard InChI is InChI=1S/C11H16F5NO3/c12-10(13,8-7-19-5-6-20-8)9(11(14,15)16)17-1-3-18-4-2-17/h8-9H,1-7H2. The second kappa shape index (κ2) is 6.08. The van der Waals surface area contributed by atoms with E-state index in [4.69, 9.17) is 14.2 Å². The van der Waals surface area contributed by atoms with E-state index >= 15 is 0 Å². The fourth-order valence-corrected chi connectivity index (χ4v) is 2.39. The third kappa shape index (κ3) is 3.38. The number of hydrogen-bond acceptors (Lipinski definition) is 4. The molecular formula is C11H16F5NO3. The number of hydrogen-bond donors (Lipinski definition) is 0. The zero-order valence-electron chi connectivity index (χ0n) is 10.7. The van der Waals surface area contributed by atoms with Crippen molar-refractivity contribution < 1.29 is 36.2 Å². The highest BCUT2D eigenvalue weighted by Crippen LogP contribution is 2.40. The normalized spacial score (nSPS) is 28.4. The van der Waals surface area contributed by atoms with Gasteiger partial charge in [0.25, 0.3) is 5.92 Å². The van der Waals surface area contributed by atoms with E-state index in [1.165, 1.54) is 0 Å². The molecule has 0 spiro atoms. The van der Waals surface area contributed by atoms with Gasteiger partial charge in [-0.2, -0.15) is 13.2 Å². The summed E-state index contributed by atoms with van der Waals surface area (Å²) in [7, 11) is 0. The molecule has 2 heterocycles. The van der Waals surface area contributed by atoms with Crippen LogP contribution in [0, 0.1) is 0 Å². The lowest BCUT2D eigenvalue weighted by molar-refractivity contribution is -0.292. The Bertz CT molecular complexity index is 314. The summed E-state index contributed by atoms with van der Waals surface area (Å²) in [6, 6.07) is -2.88. The quantitative estimate of drug-likeness (QED) is 0.736. The number of morpholine rings is 1. The van der Waals surface area contributed by atoms with Crippen LogP contribution in [0.3, 0.4) is 0 Å². The number of halogens is 5. The van der Waals surface area contributed by atoms with Crippen molar-refractivity contribution in [1.29, 1.82) is 0 Å². The van der Waals surface area contributed by atoms with E-state index in [1.807, 2.05) is 0 Å². The summed E-state index contributed by atoms with van der Waals surface area (Å²) in [4.78, 5) is 0.710. The molecule has 4 nitrogen and oxygen atoms in total. The number of rotatable bonds is 3. The van der Waals surface area contributed by atoms with Gasteiger partial charge < -0.3 is 14.2 Å². The monoisotopic (exact) mass is 305 g/mol. The van der Waals surface area contributed by atoms with Crippen molar-refractivity contribution in [1.82, 2.24) is 4.90 Å². The van der Waals surface area contributed by atoms with Gasteiger partial charge in [0, 0.05) is 13.1 Å². The Morgan fingerprint density at radius 1 is 0.900 bits per heavy atom. The van der Waals surface area contributed by atoms with Crippen molar-refractivity contribution >= 4 is 0 Å². The average molecular weight is 305 g/mol. The Kier molecular flexibility index (Phi) is 4.83. The molecule has 2 unspecified atom stereocenters. The lowest BCUT2D eigenvalue weighted by Crippen LogP contribution is -2.64. The molecule has 0 saturated carbocycles. The Morgan fingerprint density at radius 3 is 2.05 bits per heavy atom. The van der Waals surface area contributed by atoms with Gasteiger partial charge in [-0.15, -0.1) is 0 Å². The van der Waals surface area contributed by atoms with Crippen LogP contribution in [0.5, 0.6) is 0 Å². The van der Waals surface area contributed by atoms with E-state index < -0.39 is 30.9 Å². The molecule has 0 aromatic rings. The Labute approximate surface area is 112 Å². The second-order valence-electron chi connectivity index (χ2n) is 4.70. The van der Waals surface area contributed by atoms with Crippen molar-refractivity contribution in [3.63, 3.8) is 0 Å². The number of ether oxygens (including phenoxy) is 3. The number of alkyl halides is 5. The van der Waals surface area contributed by atoms with Crippen LogP contribution in [0.25, 0.3) is 0 Å². The predicted octanol–water partition coefficient (Wildman–Crippen LogP) is 1.30. The molecule has 2 rings (SSSR count). The minimum atomic E-state index is -5.05. The molecule has 0 N–H and O–H groups in total. The van der Waals surface area contributed by atoms with E-state index in [0.717, 1.165) is 0 Å². The molecule has 0 aliphatic carbocycles. The first kappa shape index (κ1) is 15.9. The molecule has 0 aromatic heterocycles. The number of nitrogens with zero attached hydrogens (tertiary/aromatic N) is 1. The van der Waals surface area contributed by atoms with Gasteiger partial charge in [-0.1, -0.05) is 0 Å². The van der Waals surface area contributed by atoms with Crippen LogP contribution < -0.4 is 0 Å². The molecule has 2 atom stereocenters. The molecule has 20 heavy (non-hydrogen) atoms. The molecule has 0 aromatic carbocycles. The van der Waals surface area contributed by atoms with E-state index in [0.29, 0.717) is 4.90 Å². The first-order chi connectivity index (χ1) is 9.33. The topological polar surface area (TPSA) is 30.9 Å². The maximum Gasteiger partial charge on any atom is 0.410 e. The van der Waals surface area contributed by atoms with Crippen LogP contribution in [0.1, 0.15) is 0 Å². The zero-order chi connectivity index (χ0) is 14.8. The minimum Gasteiger partial charge on any atom is -0.379 e. The summed E-state index contributed by atoms with van der Waals surface area (Å²) in [6.07, 6.45) is -6.94. The van der Waals surface area contributed by atoms with Crippen LogP contribution in [0.4, 0.5) is 22.0 Å². The van der Waals surface area contributed by atoms with E-state index in [9.17, 15) is 22.0 Å². The van der Waals surface area contributed by atoms with E-state index in [-0.39, 0.29) is 39.5 Å². The van der Waals surface area contributed by atoms with Gasteiger partial charge in [-0.05, 0) is 0 Å². The first-order valence-corrected chi connectivity index (χ1v) is 6.29. The summed E-state index contributed by atoms with van der Waals surface area (Å²) in [5, 5.41) is 0. The highest BCUT2D eigenvalue weighted by molar-refractivity contribution is 4.97. The molecular weight excluding hydrogens is 289 g/mol. The zero-order valence-corrected chi connectivity index (χ0v) is 10.7. The maximum atomic E-state index is 14.2. The molecule has 0 bridgehead atoms. The van der Waals surface area contributed by atoms with Gasteiger partial charge in [-0.3, -0.25) is 4.90 Å². The van der Waals surface area contributed by atoms with Gasteiger partial charge in [0.05, 0.1) is 33.0 Å². The highest BCUT2D eigenvalue weighted by atomic mass is 19.4. The molecule has 2 saturated heterocycles. The van der Waals surface area contributed by atoms with Gasteiger partial charge >= 0.3 is 6.18 Å². The Morgan fingerprint density at radius 2 is 1.55 bits per heavy atom. The molecule has 2 fully saturated rings. The summed E-state index contributed by atoms with van der Waals surface area (Å²) < 4.78 is 82.3. The van der Waals surface area contributed by atoms with E-state index in [1.54, 1.807) is 0 Å². The highest BCUT2D eigenvalue weighted by Gasteiger charge is 2.62. The summed E-state index contributed by atoms with van der Waals surface area (Å²) in [5.41, 5.74) is 0. The van der Waals surface area contributed by atoms with Crippen molar-refractivity contribution in [3.8, 4) is 0 Å². The fourth-order valence-electron chi connectivity index (χ4n) is 2.39. The smallest absolute Gasteiger partial charge is 0.379 e. The van der Waals surface area contributed by atoms with E-state index in [2.05, 4.69) is 0 Å². The van der Waals surface area contributed by atoms with Gasteiger partial charge in [0.15, 0.2) is 6.04 Å². The van der Waals surface area contributed by atoms with Crippen LogP contribution in [0.2, 0.25) is 0 Å². The van der Waals surface area contributed by atoms with Crippen molar-refractivity contribution in [3.05, 3.63) is 0 Å². The van der Waals surface area contributed by atoms with Gasteiger partial charge in [0.2, 0.25) is 0 Å². The molecule has 9 heteroatoms. The first-order valence-electron chi connectivity index (χ1n) is 6.29. The summed E-state index contributed by atoms with van der Waals surface area (Å²) in [6.45, 7) is -0.922. The second-order valence-corrected chi connectivity index (χ2v) is 4.70. The third-order valence-electron chi connectivity index (χ3n) is 3.33. The SMILES string of the molecule is FC(F)(F)C(N1CCOCC1)C(F)(F)C1COCCO1. The minimum absolute atomic E-state index is 0.00465. The van der Waals surface area contributed by atoms with Crippen LogP contribution in [-0.2, 0) is 14.2 Å². The van der Waals surface area contributed by atoms with Crippen molar-refractivity contribution in [2.45, 2.75) is 24.2 Å². The summed E-state index contributed by atoms with van der Waals surface area (Å²) >= 11 is 0. The Balaban J connectivity index is 2.19. The summed E-state index contributed by atoms with van der Waals surface area (Å²) in [5.74, 6) is -4.07. The molecule has 0 amide bonds. The molecule has 2 aliphatic rings. The molecule has 0 radical (unpaired) electrons.